The van der Waals surface area contributed by atoms with Gasteiger partial charge in [-0.05, 0) is 38.8 Å². The standard InChI is InChI=1S/C16H27FN4.HI/c1-16(2,3)21-12-11-20-15(18-4)19-10-9-13-7-5-6-8-14(13)17;/h5-8,21H,9-12H2,1-4H3,(H2,18,19,20);1H. The summed E-state index contributed by atoms with van der Waals surface area (Å²) in [5.74, 6) is 0.582. The lowest BCUT2D eigenvalue weighted by Crippen LogP contribution is -2.44. The third kappa shape index (κ3) is 9.19. The van der Waals surface area contributed by atoms with Gasteiger partial charge in [-0.3, -0.25) is 4.99 Å². The van der Waals surface area contributed by atoms with Gasteiger partial charge in [0.2, 0.25) is 0 Å². The van der Waals surface area contributed by atoms with Crippen molar-refractivity contribution < 1.29 is 4.39 Å². The van der Waals surface area contributed by atoms with Gasteiger partial charge in [-0.25, -0.2) is 4.39 Å². The fraction of sp³-hybridized carbons (Fsp3) is 0.562. The van der Waals surface area contributed by atoms with Crippen molar-refractivity contribution in [2.45, 2.75) is 32.7 Å². The van der Waals surface area contributed by atoms with Crippen molar-refractivity contribution in [2.75, 3.05) is 26.7 Å². The molecule has 1 aromatic rings. The van der Waals surface area contributed by atoms with Crippen LogP contribution in [0.2, 0.25) is 0 Å². The Balaban J connectivity index is 0.00000441. The molecule has 0 fully saturated rings. The average molecular weight is 422 g/mol. The molecular formula is C16H28FIN4. The molecule has 0 heterocycles. The normalized spacial score (nSPS) is 11.8. The molecule has 1 rings (SSSR count). The zero-order valence-electron chi connectivity index (χ0n) is 13.9. The quantitative estimate of drug-likeness (QED) is 0.286. The summed E-state index contributed by atoms with van der Waals surface area (Å²) < 4.78 is 13.5. The van der Waals surface area contributed by atoms with Crippen molar-refractivity contribution >= 4 is 29.9 Å². The van der Waals surface area contributed by atoms with Crippen LogP contribution in [0.15, 0.2) is 29.3 Å². The molecule has 0 radical (unpaired) electrons. The number of hydrogen-bond donors (Lipinski definition) is 3. The van der Waals surface area contributed by atoms with Crippen LogP contribution in [-0.2, 0) is 6.42 Å². The number of nitrogens with zero attached hydrogens (tertiary/aromatic N) is 1. The number of aliphatic imine (C=N–C) groups is 1. The first kappa shape index (κ1) is 21.1. The molecule has 4 nitrogen and oxygen atoms in total. The van der Waals surface area contributed by atoms with Crippen LogP contribution in [0.4, 0.5) is 4.39 Å². The maximum Gasteiger partial charge on any atom is 0.191 e. The highest BCUT2D eigenvalue weighted by atomic mass is 127. The lowest BCUT2D eigenvalue weighted by Gasteiger charge is -2.21. The van der Waals surface area contributed by atoms with E-state index in [2.05, 4.69) is 41.7 Å². The highest BCUT2D eigenvalue weighted by Crippen LogP contribution is 2.05. The first-order chi connectivity index (χ1) is 9.92. The van der Waals surface area contributed by atoms with Crippen molar-refractivity contribution in [3.63, 3.8) is 0 Å². The van der Waals surface area contributed by atoms with Crippen LogP contribution >= 0.6 is 24.0 Å². The molecule has 0 saturated carbocycles. The Labute approximate surface area is 150 Å². The molecule has 6 heteroatoms. The molecule has 0 aromatic heterocycles. The molecule has 0 aliphatic heterocycles. The monoisotopic (exact) mass is 422 g/mol. The summed E-state index contributed by atoms with van der Waals surface area (Å²) >= 11 is 0. The Kier molecular flexibility index (Phi) is 10.3. The summed E-state index contributed by atoms with van der Waals surface area (Å²) in [6.07, 6.45) is 0.633. The van der Waals surface area contributed by atoms with Gasteiger partial charge in [0.15, 0.2) is 5.96 Å². The molecule has 126 valence electrons. The summed E-state index contributed by atoms with van der Waals surface area (Å²) in [5.41, 5.74) is 0.832. The molecule has 22 heavy (non-hydrogen) atoms. The second-order valence-corrected chi connectivity index (χ2v) is 5.94. The van der Waals surface area contributed by atoms with Crippen molar-refractivity contribution in [1.82, 2.24) is 16.0 Å². The summed E-state index contributed by atoms with van der Waals surface area (Å²) in [6, 6.07) is 6.85. The van der Waals surface area contributed by atoms with Gasteiger partial charge in [0, 0.05) is 32.2 Å². The predicted octanol–water partition coefficient (Wildman–Crippen LogP) is 2.54. The molecule has 3 N–H and O–H groups in total. The van der Waals surface area contributed by atoms with E-state index in [0.717, 1.165) is 24.6 Å². The van der Waals surface area contributed by atoms with E-state index in [1.165, 1.54) is 6.07 Å². The van der Waals surface area contributed by atoms with Gasteiger partial charge in [0.05, 0.1) is 0 Å². The number of benzene rings is 1. The Morgan fingerprint density at radius 1 is 1.09 bits per heavy atom. The van der Waals surface area contributed by atoms with E-state index in [1.54, 1.807) is 19.2 Å². The van der Waals surface area contributed by atoms with Gasteiger partial charge in [-0.1, -0.05) is 18.2 Å². The minimum absolute atomic E-state index is 0. The van der Waals surface area contributed by atoms with Crippen LogP contribution in [0, 0.1) is 5.82 Å². The van der Waals surface area contributed by atoms with Crippen LogP contribution in [-0.4, -0.2) is 38.2 Å². The van der Waals surface area contributed by atoms with Gasteiger partial charge in [0.1, 0.15) is 5.82 Å². The molecule has 0 spiro atoms. The second-order valence-electron chi connectivity index (χ2n) is 5.94. The fourth-order valence-electron chi connectivity index (χ4n) is 1.86. The summed E-state index contributed by atoms with van der Waals surface area (Å²) in [6.45, 7) is 8.69. The van der Waals surface area contributed by atoms with Crippen molar-refractivity contribution in [3.8, 4) is 0 Å². The summed E-state index contributed by atoms with van der Waals surface area (Å²) in [4.78, 5) is 4.15. The van der Waals surface area contributed by atoms with Crippen LogP contribution in [0.1, 0.15) is 26.3 Å². The van der Waals surface area contributed by atoms with Gasteiger partial charge < -0.3 is 16.0 Å². The van der Waals surface area contributed by atoms with Crippen molar-refractivity contribution in [1.29, 1.82) is 0 Å². The highest BCUT2D eigenvalue weighted by Gasteiger charge is 2.07. The molecule has 0 aliphatic carbocycles. The Morgan fingerprint density at radius 2 is 1.73 bits per heavy atom. The predicted molar refractivity (Wildman–Crippen MR) is 103 cm³/mol. The zero-order chi connectivity index (χ0) is 15.7. The number of halogens is 2. The van der Waals surface area contributed by atoms with E-state index < -0.39 is 0 Å². The first-order valence-corrected chi connectivity index (χ1v) is 7.35. The van der Waals surface area contributed by atoms with Crippen LogP contribution < -0.4 is 16.0 Å². The van der Waals surface area contributed by atoms with Gasteiger partial charge >= 0.3 is 0 Å². The summed E-state index contributed by atoms with van der Waals surface area (Å²) in [5, 5.41) is 9.81. The lowest BCUT2D eigenvalue weighted by molar-refractivity contribution is 0.428. The third-order valence-corrected chi connectivity index (χ3v) is 2.94. The molecule has 0 aliphatic rings. The minimum Gasteiger partial charge on any atom is -0.356 e. The van der Waals surface area contributed by atoms with E-state index in [-0.39, 0.29) is 35.3 Å². The van der Waals surface area contributed by atoms with Crippen molar-refractivity contribution in [3.05, 3.63) is 35.6 Å². The van der Waals surface area contributed by atoms with E-state index in [4.69, 9.17) is 0 Å². The number of rotatable bonds is 6. The second kappa shape index (κ2) is 10.8. The SMILES string of the molecule is CN=C(NCCNC(C)(C)C)NCCc1ccccc1F.I. The van der Waals surface area contributed by atoms with E-state index in [0.29, 0.717) is 13.0 Å². The average Bonchev–Trinajstić information content (AvgIpc) is 2.42. The number of nitrogens with one attached hydrogen (secondary N) is 3. The van der Waals surface area contributed by atoms with Crippen molar-refractivity contribution in [2.24, 2.45) is 4.99 Å². The van der Waals surface area contributed by atoms with E-state index in [1.807, 2.05) is 6.07 Å². The maximum absolute atomic E-state index is 13.5. The fourth-order valence-corrected chi connectivity index (χ4v) is 1.86. The molecular weight excluding hydrogens is 394 g/mol. The first-order valence-electron chi connectivity index (χ1n) is 7.35. The van der Waals surface area contributed by atoms with Crippen LogP contribution in [0.25, 0.3) is 0 Å². The van der Waals surface area contributed by atoms with Gasteiger partial charge in [-0.2, -0.15) is 0 Å². The molecule has 0 atom stereocenters. The summed E-state index contributed by atoms with van der Waals surface area (Å²) in [7, 11) is 1.73. The zero-order valence-corrected chi connectivity index (χ0v) is 16.2. The smallest absolute Gasteiger partial charge is 0.191 e. The maximum atomic E-state index is 13.5. The van der Waals surface area contributed by atoms with Crippen LogP contribution in [0.5, 0.6) is 0 Å². The highest BCUT2D eigenvalue weighted by molar-refractivity contribution is 14.0. The molecule has 1 aromatic carbocycles. The largest absolute Gasteiger partial charge is 0.356 e. The van der Waals surface area contributed by atoms with Gasteiger partial charge in [0.25, 0.3) is 0 Å². The molecule has 0 bridgehead atoms. The Hall–Kier alpha value is -0.890. The third-order valence-electron chi connectivity index (χ3n) is 2.94. The van der Waals surface area contributed by atoms with E-state index in [9.17, 15) is 4.39 Å². The number of hydrogen-bond acceptors (Lipinski definition) is 2. The lowest BCUT2D eigenvalue weighted by atomic mass is 10.1. The minimum atomic E-state index is -0.156. The topological polar surface area (TPSA) is 48.5 Å². The Bertz CT molecular complexity index is 458. The number of guanidine groups is 1. The Morgan fingerprint density at radius 3 is 2.32 bits per heavy atom. The molecule has 0 unspecified atom stereocenters. The van der Waals surface area contributed by atoms with E-state index >= 15 is 0 Å². The van der Waals surface area contributed by atoms with Gasteiger partial charge in [-0.15, -0.1) is 24.0 Å². The van der Waals surface area contributed by atoms with Crippen LogP contribution in [0.3, 0.4) is 0 Å². The molecule has 0 saturated heterocycles. The molecule has 0 amide bonds.